The Morgan fingerprint density at radius 2 is 1.88 bits per heavy atom. The van der Waals surface area contributed by atoms with Crippen molar-refractivity contribution in [1.82, 2.24) is 10.2 Å². The van der Waals surface area contributed by atoms with Crippen molar-refractivity contribution in [2.75, 3.05) is 13.1 Å². The highest BCUT2D eigenvalue weighted by atomic mass is 32.1. The molecule has 25 heavy (non-hydrogen) atoms. The fourth-order valence-electron chi connectivity index (χ4n) is 3.48. The molecular weight excluding hydrogens is 332 g/mol. The van der Waals surface area contributed by atoms with Crippen LogP contribution >= 0.6 is 11.3 Å². The van der Waals surface area contributed by atoms with Crippen molar-refractivity contribution in [3.8, 4) is 0 Å². The van der Waals surface area contributed by atoms with E-state index in [1.807, 2.05) is 21.7 Å². The molecule has 0 unspecified atom stereocenters. The third kappa shape index (κ3) is 3.47. The highest BCUT2D eigenvalue weighted by Crippen LogP contribution is 2.32. The number of thiophene rings is 1. The number of aryl methyl sites for hydroxylation is 1. The van der Waals surface area contributed by atoms with Crippen LogP contribution in [0.5, 0.6) is 0 Å². The summed E-state index contributed by atoms with van der Waals surface area (Å²) in [5.41, 5.74) is 3.14. The molecule has 2 heterocycles. The molecule has 2 aromatic rings. The second kappa shape index (κ2) is 6.64. The van der Waals surface area contributed by atoms with E-state index in [4.69, 9.17) is 0 Å². The Labute approximate surface area is 151 Å². The molecule has 1 aliphatic carbocycles. The lowest BCUT2D eigenvalue weighted by molar-refractivity contribution is -0.123. The molecule has 0 spiro atoms. The summed E-state index contributed by atoms with van der Waals surface area (Å²) in [6, 6.07) is 10.3. The van der Waals surface area contributed by atoms with Crippen molar-refractivity contribution in [1.29, 1.82) is 0 Å². The zero-order chi connectivity index (χ0) is 17.4. The fourth-order valence-corrected chi connectivity index (χ4v) is 4.11. The van der Waals surface area contributed by atoms with E-state index in [1.165, 1.54) is 22.5 Å². The summed E-state index contributed by atoms with van der Waals surface area (Å²) in [4.78, 5) is 26.9. The molecule has 2 atom stereocenters. The van der Waals surface area contributed by atoms with E-state index in [2.05, 4.69) is 36.5 Å². The Hall–Kier alpha value is -2.14. The number of hydrogen-bond acceptors (Lipinski definition) is 3. The Morgan fingerprint density at radius 3 is 2.52 bits per heavy atom. The molecule has 0 bridgehead atoms. The Morgan fingerprint density at radius 1 is 1.12 bits per heavy atom. The van der Waals surface area contributed by atoms with Crippen LogP contribution in [-0.4, -0.2) is 35.8 Å². The first-order chi connectivity index (χ1) is 12.1. The number of nitrogens with zero attached hydrogens (tertiary/aromatic N) is 1. The molecule has 2 aliphatic rings. The fraction of sp³-hybridized carbons (Fsp3) is 0.400. The zero-order valence-corrected chi connectivity index (χ0v) is 15.1. The van der Waals surface area contributed by atoms with Crippen LogP contribution < -0.4 is 5.32 Å². The number of likely N-dealkylation sites (tertiary alicyclic amines) is 1. The van der Waals surface area contributed by atoms with Gasteiger partial charge in [-0.2, -0.15) is 11.3 Å². The van der Waals surface area contributed by atoms with Gasteiger partial charge in [0.15, 0.2) is 0 Å². The van der Waals surface area contributed by atoms with Gasteiger partial charge in [0.25, 0.3) is 5.91 Å². The van der Waals surface area contributed by atoms with Gasteiger partial charge in [-0.25, -0.2) is 0 Å². The van der Waals surface area contributed by atoms with E-state index >= 15 is 0 Å². The molecule has 2 fully saturated rings. The van der Waals surface area contributed by atoms with Crippen LogP contribution in [0.3, 0.4) is 0 Å². The summed E-state index contributed by atoms with van der Waals surface area (Å²) in [5, 5.41) is 7.02. The lowest BCUT2D eigenvalue weighted by Crippen LogP contribution is -2.41. The summed E-state index contributed by atoms with van der Waals surface area (Å²) in [5.74, 6) is 0.527. The second-order valence-corrected chi connectivity index (χ2v) is 7.91. The minimum absolute atomic E-state index is 0.0154. The Balaban J connectivity index is 1.55. The van der Waals surface area contributed by atoms with E-state index in [9.17, 15) is 9.59 Å². The molecule has 4 rings (SSSR count). The molecule has 1 aromatic carbocycles. The summed E-state index contributed by atoms with van der Waals surface area (Å²) < 4.78 is 0. The van der Waals surface area contributed by atoms with Gasteiger partial charge in [0.05, 0.1) is 11.6 Å². The van der Waals surface area contributed by atoms with Crippen LogP contribution in [0, 0.1) is 12.8 Å². The number of benzene rings is 1. The molecule has 1 N–H and O–H groups in total. The molecule has 0 radical (unpaired) electrons. The van der Waals surface area contributed by atoms with Gasteiger partial charge in [-0.05, 0) is 36.8 Å². The molecule has 130 valence electrons. The number of amides is 2. The monoisotopic (exact) mass is 354 g/mol. The average molecular weight is 354 g/mol. The van der Waals surface area contributed by atoms with Gasteiger partial charge < -0.3 is 10.2 Å². The smallest absolute Gasteiger partial charge is 0.254 e. The number of nitrogens with one attached hydrogen (secondary N) is 1. The quantitative estimate of drug-likeness (QED) is 0.917. The standard InChI is InChI=1S/C20H22N2O2S/c1-13-2-4-14(5-3-13)17-10-22(20(24)16-8-9-25-12-16)11-18(17)21-19(23)15-6-7-15/h2-5,8-9,12,15,17-18H,6-7,10-11H2,1H3,(H,21,23)/t17-,18+/m0/s1. The van der Waals surface area contributed by atoms with Crippen LogP contribution in [0.25, 0.3) is 0 Å². The molecule has 2 amide bonds. The Kier molecular flexibility index (Phi) is 4.34. The number of hydrogen-bond donors (Lipinski definition) is 1. The predicted molar refractivity (Wildman–Crippen MR) is 98.8 cm³/mol. The highest BCUT2D eigenvalue weighted by Gasteiger charge is 2.39. The van der Waals surface area contributed by atoms with Crippen molar-refractivity contribution in [2.24, 2.45) is 5.92 Å². The average Bonchev–Trinajstić information content (AvgIpc) is 3.16. The van der Waals surface area contributed by atoms with E-state index in [0.717, 1.165) is 18.4 Å². The molecular formula is C20H22N2O2S. The van der Waals surface area contributed by atoms with Crippen LogP contribution in [0.1, 0.15) is 40.2 Å². The molecule has 5 heteroatoms. The van der Waals surface area contributed by atoms with Crippen molar-refractivity contribution >= 4 is 23.2 Å². The summed E-state index contributed by atoms with van der Waals surface area (Å²) in [6.07, 6.45) is 1.98. The van der Waals surface area contributed by atoms with Crippen LogP contribution in [0.2, 0.25) is 0 Å². The summed E-state index contributed by atoms with van der Waals surface area (Å²) in [6.45, 7) is 3.29. The molecule has 4 nitrogen and oxygen atoms in total. The van der Waals surface area contributed by atoms with E-state index in [-0.39, 0.29) is 29.7 Å². The van der Waals surface area contributed by atoms with Gasteiger partial charge in [-0.3, -0.25) is 9.59 Å². The van der Waals surface area contributed by atoms with Crippen LogP contribution in [0.15, 0.2) is 41.1 Å². The largest absolute Gasteiger partial charge is 0.351 e. The van der Waals surface area contributed by atoms with Crippen molar-refractivity contribution in [3.63, 3.8) is 0 Å². The first-order valence-corrected chi connectivity index (χ1v) is 9.74. The number of carbonyl (C=O) groups excluding carboxylic acids is 2. The Bertz CT molecular complexity index is 766. The van der Waals surface area contributed by atoms with Gasteiger partial charge in [0, 0.05) is 30.3 Å². The van der Waals surface area contributed by atoms with E-state index in [0.29, 0.717) is 13.1 Å². The maximum absolute atomic E-state index is 12.7. The highest BCUT2D eigenvalue weighted by molar-refractivity contribution is 7.08. The molecule has 1 aliphatic heterocycles. The zero-order valence-electron chi connectivity index (χ0n) is 14.3. The maximum Gasteiger partial charge on any atom is 0.254 e. The summed E-state index contributed by atoms with van der Waals surface area (Å²) >= 11 is 1.53. The van der Waals surface area contributed by atoms with Gasteiger partial charge >= 0.3 is 0 Å². The lowest BCUT2D eigenvalue weighted by Gasteiger charge is -2.20. The topological polar surface area (TPSA) is 49.4 Å². The summed E-state index contributed by atoms with van der Waals surface area (Å²) in [7, 11) is 0. The van der Waals surface area contributed by atoms with Gasteiger partial charge in [-0.15, -0.1) is 0 Å². The third-order valence-corrected chi connectivity index (χ3v) is 5.84. The van der Waals surface area contributed by atoms with E-state index < -0.39 is 0 Å². The van der Waals surface area contributed by atoms with Gasteiger partial charge in [0.1, 0.15) is 0 Å². The number of carbonyl (C=O) groups is 2. The molecule has 1 saturated carbocycles. The van der Waals surface area contributed by atoms with Crippen molar-refractivity contribution < 1.29 is 9.59 Å². The minimum Gasteiger partial charge on any atom is -0.351 e. The van der Waals surface area contributed by atoms with Crippen LogP contribution in [0.4, 0.5) is 0 Å². The van der Waals surface area contributed by atoms with Gasteiger partial charge in [-0.1, -0.05) is 29.8 Å². The maximum atomic E-state index is 12.7. The minimum atomic E-state index is -0.0154. The van der Waals surface area contributed by atoms with Gasteiger partial charge in [0.2, 0.25) is 5.91 Å². The third-order valence-electron chi connectivity index (χ3n) is 5.16. The van der Waals surface area contributed by atoms with Crippen molar-refractivity contribution in [2.45, 2.75) is 31.7 Å². The first-order valence-electron chi connectivity index (χ1n) is 8.80. The second-order valence-electron chi connectivity index (χ2n) is 7.13. The molecule has 1 saturated heterocycles. The normalized spacial score (nSPS) is 22.8. The van der Waals surface area contributed by atoms with Crippen LogP contribution in [-0.2, 0) is 4.79 Å². The lowest BCUT2D eigenvalue weighted by atomic mass is 9.93. The SMILES string of the molecule is Cc1ccc([C@@H]2CN(C(=O)c3ccsc3)C[C@H]2NC(=O)C2CC2)cc1. The molecule has 1 aromatic heterocycles. The predicted octanol–water partition coefficient (Wildman–Crippen LogP) is 3.19. The number of rotatable bonds is 4. The van der Waals surface area contributed by atoms with Crippen molar-refractivity contribution in [3.05, 3.63) is 57.8 Å². The van der Waals surface area contributed by atoms with E-state index in [1.54, 1.807) is 0 Å². The first kappa shape index (κ1) is 16.3.